The normalized spacial score (nSPS) is 31.5. The van der Waals surface area contributed by atoms with Crippen molar-refractivity contribution in [2.45, 2.75) is 39.0 Å². The van der Waals surface area contributed by atoms with Crippen molar-refractivity contribution < 1.29 is 9.90 Å². The van der Waals surface area contributed by atoms with Gasteiger partial charge in [0.1, 0.15) is 5.41 Å². The molecular weight excluding hydrogens is 176 g/mol. The summed E-state index contributed by atoms with van der Waals surface area (Å²) in [6.07, 6.45) is 9.29. The van der Waals surface area contributed by atoms with E-state index in [9.17, 15) is 9.90 Å². The van der Waals surface area contributed by atoms with Gasteiger partial charge in [0.05, 0.1) is 0 Å². The van der Waals surface area contributed by atoms with Gasteiger partial charge in [0.25, 0.3) is 0 Å². The quantitative estimate of drug-likeness (QED) is 0.648. The molecule has 14 heavy (non-hydrogen) atoms. The lowest BCUT2D eigenvalue weighted by Gasteiger charge is -2.33. The van der Waals surface area contributed by atoms with E-state index in [4.69, 9.17) is 0 Å². The second kappa shape index (κ2) is 3.26. The Hall–Kier alpha value is -1.05. The van der Waals surface area contributed by atoms with Gasteiger partial charge in [-0.3, -0.25) is 4.79 Å². The number of hydrogen-bond acceptors (Lipinski definition) is 1. The number of carbonyl (C=O) groups is 1. The van der Waals surface area contributed by atoms with Crippen LogP contribution in [0.25, 0.3) is 0 Å². The molecule has 0 aromatic carbocycles. The summed E-state index contributed by atoms with van der Waals surface area (Å²) in [6.45, 7) is 1.83. The molecule has 1 N–H and O–H groups in total. The smallest absolute Gasteiger partial charge is 0.317 e. The number of aliphatic carboxylic acids is 1. The Morgan fingerprint density at radius 3 is 2.86 bits per heavy atom. The lowest BCUT2D eigenvalue weighted by Crippen LogP contribution is -2.31. The van der Waals surface area contributed by atoms with Gasteiger partial charge in [0.15, 0.2) is 0 Å². The number of carboxylic acids is 1. The first-order chi connectivity index (χ1) is 6.64. The maximum absolute atomic E-state index is 11.2. The monoisotopic (exact) mass is 192 g/mol. The molecule has 2 heteroatoms. The van der Waals surface area contributed by atoms with Crippen molar-refractivity contribution in [1.82, 2.24) is 0 Å². The Labute approximate surface area is 84.3 Å². The van der Waals surface area contributed by atoms with E-state index in [-0.39, 0.29) is 0 Å². The SMILES string of the molecule is CC1(C(=O)O)C=CCC2=C1CCCC2. The van der Waals surface area contributed by atoms with Gasteiger partial charge in [-0.1, -0.05) is 17.7 Å². The molecule has 76 valence electrons. The average Bonchev–Trinajstić information content (AvgIpc) is 2.18. The van der Waals surface area contributed by atoms with Gasteiger partial charge in [-0.05, 0) is 44.6 Å². The molecular formula is C12H16O2. The Balaban J connectivity index is 2.41. The van der Waals surface area contributed by atoms with E-state index in [2.05, 4.69) is 0 Å². The maximum Gasteiger partial charge on any atom is 0.317 e. The van der Waals surface area contributed by atoms with Crippen molar-refractivity contribution in [1.29, 1.82) is 0 Å². The van der Waals surface area contributed by atoms with Crippen molar-refractivity contribution in [2.75, 3.05) is 0 Å². The number of allylic oxidation sites excluding steroid dienone is 2. The topological polar surface area (TPSA) is 37.3 Å². The van der Waals surface area contributed by atoms with E-state index in [0.29, 0.717) is 0 Å². The lowest BCUT2D eigenvalue weighted by molar-refractivity contribution is -0.143. The predicted octanol–water partition coefficient (Wildman–Crippen LogP) is 2.91. The van der Waals surface area contributed by atoms with Crippen molar-refractivity contribution in [2.24, 2.45) is 5.41 Å². The van der Waals surface area contributed by atoms with E-state index in [0.717, 1.165) is 25.7 Å². The van der Waals surface area contributed by atoms with E-state index in [1.54, 1.807) is 0 Å². The van der Waals surface area contributed by atoms with Crippen LogP contribution in [0.15, 0.2) is 23.3 Å². The van der Waals surface area contributed by atoms with E-state index in [1.807, 2.05) is 19.1 Å². The molecule has 2 aliphatic rings. The second-order valence-corrected chi connectivity index (χ2v) is 4.40. The summed E-state index contributed by atoms with van der Waals surface area (Å²) < 4.78 is 0. The number of rotatable bonds is 1. The van der Waals surface area contributed by atoms with Crippen LogP contribution in [0.4, 0.5) is 0 Å². The minimum atomic E-state index is -0.714. The molecule has 0 heterocycles. The Kier molecular flexibility index (Phi) is 2.22. The molecule has 0 saturated heterocycles. The standard InChI is InChI=1S/C12H16O2/c1-12(11(13)14)8-4-6-9-5-2-3-7-10(9)12/h4,8H,2-3,5-7H2,1H3,(H,13,14). The molecule has 0 amide bonds. The first-order valence-electron chi connectivity index (χ1n) is 5.27. The van der Waals surface area contributed by atoms with Gasteiger partial charge in [-0.15, -0.1) is 0 Å². The van der Waals surface area contributed by atoms with Gasteiger partial charge < -0.3 is 5.11 Å². The van der Waals surface area contributed by atoms with Crippen molar-refractivity contribution >= 4 is 5.97 Å². The molecule has 0 radical (unpaired) electrons. The highest BCUT2D eigenvalue weighted by Crippen LogP contribution is 2.43. The van der Waals surface area contributed by atoms with Crippen LogP contribution in [0.1, 0.15) is 39.0 Å². The van der Waals surface area contributed by atoms with Crippen molar-refractivity contribution in [3.05, 3.63) is 23.3 Å². The maximum atomic E-state index is 11.2. The Morgan fingerprint density at radius 1 is 1.43 bits per heavy atom. The van der Waals surface area contributed by atoms with Crippen LogP contribution in [0.5, 0.6) is 0 Å². The fourth-order valence-electron chi connectivity index (χ4n) is 2.56. The van der Waals surface area contributed by atoms with Gasteiger partial charge in [0, 0.05) is 0 Å². The fraction of sp³-hybridized carbons (Fsp3) is 0.583. The zero-order valence-corrected chi connectivity index (χ0v) is 8.55. The Morgan fingerprint density at radius 2 is 2.14 bits per heavy atom. The summed E-state index contributed by atoms with van der Waals surface area (Å²) in [5.41, 5.74) is 1.84. The summed E-state index contributed by atoms with van der Waals surface area (Å²) in [7, 11) is 0. The van der Waals surface area contributed by atoms with Crippen LogP contribution in [0.3, 0.4) is 0 Å². The number of hydrogen-bond donors (Lipinski definition) is 1. The highest BCUT2D eigenvalue weighted by atomic mass is 16.4. The summed E-state index contributed by atoms with van der Waals surface area (Å²) in [4.78, 5) is 11.2. The summed E-state index contributed by atoms with van der Waals surface area (Å²) in [5.74, 6) is -0.706. The zero-order chi connectivity index (χ0) is 10.2. The van der Waals surface area contributed by atoms with Crippen molar-refractivity contribution in [3.8, 4) is 0 Å². The minimum Gasteiger partial charge on any atom is -0.480 e. The molecule has 1 unspecified atom stereocenters. The first kappa shape index (κ1) is 9.50. The predicted molar refractivity (Wildman–Crippen MR) is 55.0 cm³/mol. The summed E-state index contributed by atoms with van der Waals surface area (Å²) in [5, 5.41) is 9.25. The molecule has 0 saturated carbocycles. The molecule has 2 nitrogen and oxygen atoms in total. The molecule has 2 rings (SSSR count). The fourth-order valence-corrected chi connectivity index (χ4v) is 2.56. The lowest BCUT2D eigenvalue weighted by atomic mass is 9.70. The summed E-state index contributed by atoms with van der Waals surface area (Å²) in [6, 6.07) is 0. The van der Waals surface area contributed by atoms with Gasteiger partial charge >= 0.3 is 5.97 Å². The highest BCUT2D eigenvalue weighted by molar-refractivity contribution is 5.81. The van der Waals surface area contributed by atoms with Crippen LogP contribution >= 0.6 is 0 Å². The van der Waals surface area contributed by atoms with Crippen LogP contribution < -0.4 is 0 Å². The van der Waals surface area contributed by atoms with E-state index in [1.165, 1.54) is 17.6 Å². The molecule has 0 aromatic rings. The number of carboxylic acid groups (broad SMARTS) is 1. The molecule has 0 fully saturated rings. The summed E-state index contributed by atoms with van der Waals surface area (Å²) >= 11 is 0. The third-order valence-electron chi connectivity index (χ3n) is 3.47. The largest absolute Gasteiger partial charge is 0.480 e. The van der Waals surface area contributed by atoms with Crippen molar-refractivity contribution in [3.63, 3.8) is 0 Å². The van der Waals surface area contributed by atoms with Crippen LogP contribution in [0, 0.1) is 5.41 Å². The molecule has 0 spiro atoms. The molecule has 1 atom stereocenters. The molecule has 0 aliphatic heterocycles. The minimum absolute atomic E-state index is 0.706. The molecule has 0 aromatic heterocycles. The second-order valence-electron chi connectivity index (χ2n) is 4.40. The van der Waals surface area contributed by atoms with E-state index >= 15 is 0 Å². The Bertz CT molecular complexity index is 325. The van der Waals surface area contributed by atoms with Crippen LogP contribution in [0.2, 0.25) is 0 Å². The third kappa shape index (κ3) is 1.29. The van der Waals surface area contributed by atoms with E-state index < -0.39 is 11.4 Å². The molecule has 0 bridgehead atoms. The van der Waals surface area contributed by atoms with Gasteiger partial charge in [-0.2, -0.15) is 0 Å². The van der Waals surface area contributed by atoms with Gasteiger partial charge in [-0.25, -0.2) is 0 Å². The average molecular weight is 192 g/mol. The van der Waals surface area contributed by atoms with Crippen LogP contribution in [-0.2, 0) is 4.79 Å². The molecule has 2 aliphatic carbocycles. The van der Waals surface area contributed by atoms with Crippen LogP contribution in [-0.4, -0.2) is 11.1 Å². The zero-order valence-electron chi connectivity index (χ0n) is 8.55. The van der Waals surface area contributed by atoms with Gasteiger partial charge in [0.2, 0.25) is 0 Å². The first-order valence-corrected chi connectivity index (χ1v) is 5.27. The third-order valence-corrected chi connectivity index (χ3v) is 3.47. The highest BCUT2D eigenvalue weighted by Gasteiger charge is 2.38.